The predicted octanol–water partition coefficient (Wildman–Crippen LogP) is 6.84. The van der Waals surface area contributed by atoms with Crippen molar-refractivity contribution in [2.24, 2.45) is 0 Å². The number of para-hydroxylation sites is 1. The number of carbonyl (C=O) groups excluding carboxylic acids is 1. The van der Waals surface area contributed by atoms with Crippen molar-refractivity contribution in [2.45, 2.75) is 39.3 Å². The Morgan fingerprint density at radius 1 is 0.964 bits per heavy atom. The predicted molar refractivity (Wildman–Crippen MR) is 107 cm³/mol. The van der Waals surface area contributed by atoms with Gasteiger partial charge >= 0.3 is 6.18 Å². The standard InChI is InChI=1S/C23H22F3NO/c1-14(23(24,25)26)21-20(16-10-12-17(13-11-16)22(3,4)5)18-8-6-7-9-19(18)27(21)15(2)28/h6-13H,1H2,2-5H3. The second-order valence-corrected chi connectivity index (χ2v) is 7.90. The Bertz CT molecular complexity index is 1060. The van der Waals surface area contributed by atoms with E-state index in [0.29, 0.717) is 22.0 Å². The molecule has 28 heavy (non-hydrogen) atoms. The van der Waals surface area contributed by atoms with Crippen molar-refractivity contribution in [3.8, 4) is 11.1 Å². The number of allylic oxidation sites excluding steroid dienone is 1. The minimum Gasteiger partial charge on any atom is -0.279 e. The van der Waals surface area contributed by atoms with E-state index in [2.05, 4.69) is 27.4 Å². The summed E-state index contributed by atoms with van der Waals surface area (Å²) in [6.45, 7) is 10.7. The minimum absolute atomic E-state index is 0.0791. The summed E-state index contributed by atoms with van der Waals surface area (Å²) in [7, 11) is 0. The Balaban J connectivity index is 2.38. The van der Waals surface area contributed by atoms with Crippen LogP contribution in [0.4, 0.5) is 13.2 Å². The molecule has 0 radical (unpaired) electrons. The third-order valence-electron chi connectivity index (χ3n) is 4.86. The monoisotopic (exact) mass is 385 g/mol. The van der Waals surface area contributed by atoms with Crippen LogP contribution in [0.3, 0.4) is 0 Å². The summed E-state index contributed by atoms with van der Waals surface area (Å²) in [5.74, 6) is -0.492. The lowest BCUT2D eigenvalue weighted by Gasteiger charge is -2.19. The van der Waals surface area contributed by atoms with Crippen LogP contribution in [0.2, 0.25) is 0 Å². The summed E-state index contributed by atoms with van der Waals surface area (Å²) in [5.41, 5.74) is 1.18. The van der Waals surface area contributed by atoms with Crippen molar-refractivity contribution in [3.63, 3.8) is 0 Å². The van der Waals surface area contributed by atoms with Crippen LogP contribution in [0.1, 0.15) is 43.7 Å². The molecule has 5 heteroatoms. The summed E-state index contributed by atoms with van der Waals surface area (Å²) in [5, 5.41) is 0.585. The lowest BCUT2D eigenvalue weighted by Crippen LogP contribution is -2.17. The van der Waals surface area contributed by atoms with Gasteiger partial charge in [-0.25, -0.2) is 0 Å². The maximum atomic E-state index is 13.6. The molecule has 0 saturated heterocycles. The zero-order valence-corrected chi connectivity index (χ0v) is 16.3. The molecule has 0 fully saturated rings. The van der Waals surface area contributed by atoms with Gasteiger partial charge in [0.25, 0.3) is 0 Å². The van der Waals surface area contributed by atoms with Crippen LogP contribution >= 0.6 is 0 Å². The van der Waals surface area contributed by atoms with Gasteiger partial charge in [-0.2, -0.15) is 13.2 Å². The number of fused-ring (bicyclic) bond motifs is 1. The Morgan fingerprint density at radius 2 is 1.54 bits per heavy atom. The topological polar surface area (TPSA) is 22.0 Å². The second kappa shape index (κ2) is 6.66. The summed E-state index contributed by atoms with van der Waals surface area (Å²) >= 11 is 0. The first-order chi connectivity index (χ1) is 12.9. The van der Waals surface area contributed by atoms with Gasteiger partial charge < -0.3 is 0 Å². The maximum Gasteiger partial charge on any atom is 0.417 e. The third kappa shape index (κ3) is 3.37. The fraction of sp³-hybridized carbons (Fsp3) is 0.261. The van der Waals surface area contributed by atoms with Crippen LogP contribution in [0.15, 0.2) is 55.1 Å². The first-order valence-electron chi connectivity index (χ1n) is 8.94. The Labute approximate surface area is 162 Å². The summed E-state index contributed by atoms with van der Waals surface area (Å²) in [6.07, 6.45) is -4.65. The Morgan fingerprint density at radius 3 is 2.04 bits per heavy atom. The molecular weight excluding hydrogens is 363 g/mol. The zero-order chi connectivity index (χ0) is 20.9. The number of nitrogens with zero attached hydrogens (tertiary/aromatic N) is 1. The smallest absolute Gasteiger partial charge is 0.279 e. The van der Waals surface area contributed by atoms with Crippen LogP contribution in [-0.2, 0) is 5.41 Å². The van der Waals surface area contributed by atoms with Crippen molar-refractivity contribution in [1.82, 2.24) is 4.57 Å². The molecule has 0 unspecified atom stereocenters. The highest BCUT2D eigenvalue weighted by molar-refractivity contribution is 6.07. The molecular formula is C23H22F3NO. The van der Waals surface area contributed by atoms with Crippen molar-refractivity contribution in [1.29, 1.82) is 0 Å². The van der Waals surface area contributed by atoms with E-state index in [1.807, 2.05) is 12.1 Å². The Kier molecular flexibility index (Phi) is 4.74. The highest BCUT2D eigenvalue weighted by Crippen LogP contribution is 2.43. The van der Waals surface area contributed by atoms with Gasteiger partial charge in [0.2, 0.25) is 5.91 Å². The fourth-order valence-corrected chi connectivity index (χ4v) is 3.42. The lowest BCUT2D eigenvalue weighted by molar-refractivity contribution is -0.0689. The average Bonchev–Trinajstić information content (AvgIpc) is 2.94. The number of halogens is 3. The number of carbonyl (C=O) groups is 1. The van der Waals surface area contributed by atoms with E-state index >= 15 is 0 Å². The normalized spacial score (nSPS) is 12.4. The number of benzene rings is 2. The first kappa shape index (κ1) is 19.9. The SMILES string of the molecule is C=C(c1c(-c2ccc(C(C)(C)C)cc2)c2ccccc2n1C(C)=O)C(F)(F)F. The van der Waals surface area contributed by atoms with Gasteiger partial charge in [-0.15, -0.1) is 0 Å². The molecule has 146 valence electrons. The molecule has 2 nitrogen and oxygen atoms in total. The van der Waals surface area contributed by atoms with E-state index in [4.69, 9.17) is 0 Å². The molecule has 0 aliphatic rings. The van der Waals surface area contributed by atoms with Gasteiger partial charge in [-0.1, -0.05) is 69.8 Å². The summed E-state index contributed by atoms with van der Waals surface area (Å²) in [6, 6.07) is 14.3. The minimum atomic E-state index is -4.65. The molecule has 0 saturated carbocycles. The van der Waals surface area contributed by atoms with Crippen LogP contribution < -0.4 is 0 Å². The zero-order valence-electron chi connectivity index (χ0n) is 16.3. The first-order valence-corrected chi connectivity index (χ1v) is 8.94. The summed E-state index contributed by atoms with van der Waals surface area (Å²) in [4.78, 5) is 12.3. The molecule has 1 heterocycles. The Hall–Kier alpha value is -2.82. The van der Waals surface area contributed by atoms with Gasteiger partial charge in [0, 0.05) is 17.9 Å². The largest absolute Gasteiger partial charge is 0.417 e. The molecule has 0 atom stereocenters. The van der Waals surface area contributed by atoms with Gasteiger partial charge in [0.1, 0.15) is 0 Å². The quantitative estimate of drug-likeness (QED) is 0.473. The molecule has 3 rings (SSSR count). The van der Waals surface area contributed by atoms with Gasteiger partial charge in [-0.05, 0) is 22.6 Å². The van der Waals surface area contributed by atoms with E-state index in [1.54, 1.807) is 36.4 Å². The van der Waals surface area contributed by atoms with E-state index in [-0.39, 0.29) is 11.1 Å². The highest BCUT2D eigenvalue weighted by Gasteiger charge is 2.38. The van der Waals surface area contributed by atoms with Crippen molar-refractivity contribution >= 4 is 22.4 Å². The molecule has 1 aromatic heterocycles. The fourth-order valence-electron chi connectivity index (χ4n) is 3.42. The molecule has 2 aromatic carbocycles. The third-order valence-corrected chi connectivity index (χ3v) is 4.86. The highest BCUT2D eigenvalue weighted by atomic mass is 19.4. The number of rotatable bonds is 2. The number of aromatic nitrogens is 1. The number of hydrogen-bond acceptors (Lipinski definition) is 1. The van der Waals surface area contributed by atoms with E-state index in [9.17, 15) is 18.0 Å². The van der Waals surface area contributed by atoms with Crippen LogP contribution in [-0.4, -0.2) is 16.7 Å². The van der Waals surface area contributed by atoms with Crippen LogP contribution in [0, 0.1) is 0 Å². The van der Waals surface area contributed by atoms with Gasteiger partial charge in [-0.3, -0.25) is 9.36 Å². The molecule has 0 aliphatic carbocycles. The van der Waals surface area contributed by atoms with E-state index < -0.39 is 17.7 Å². The van der Waals surface area contributed by atoms with E-state index in [1.165, 1.54) is 6.92 Å². The van der Waals surface area contributed by atoms with Crippen molar-refractivity contribution in [2.75, 3.05) is 0 Å². The number of hydrogen-bond donors (Lipinski definition) is 0. The summed E-state index contributed by atoms with van der Waals surface area (Å²) < 4.78 is 41.9. The molecule has 0 bridgehead atoms. The van der Waals surface area contributed by atoms with Gasteiger partial charge in [0.05, 0.1) is 16.8 Å². The molecule has 0 amide bonds. The van der Waals surface area contributed by atoms with Crippen LogP contribution in [0.5, 0.6) is 0 Å². The number of alkyl halides is 3. The van der Waals surface area contributed by atoms with Gasteiger partial charge in [0.15, 0.2) is 0 Å². The van der Waals surface area contributed by atoms with Crippen molar-refractivity contribution < 1.29 is 18.0 Å². The average molecular weight is 385 g/mol. The van der Waals surface area contributed by atoms with Crippen molar-refractivity contribution in [3.05, 3.63) is 66.4 Å². The maximum absolute atomic E-state index is 13.6. The molecule has 0 spiro atoms. The molecule has 0 aliphatic heterocycles. The van der Waals surface area contributed by atoms with Crippen LogP contribution in [0.25, 0.3) is 27.6 Å². The van der Waals surface area contributed by atoms with E-state index in [0.717, 1.165) is 10.1 Å². The molecule has 3 aromatic rings. The molecule has 0 N–H and O–H groups in total. The lowest BCUT2D eigenvalue weighted by atomic mass is 9.86. The second-order valence-electron chi connectivity index (χ2n) is 7.90.